The van der Waals surface area contributed by atoms with Crippen LogP contribution in [0.4, 0.5) is 5.69 Å². The minimum Gasteiger partial charge on any atom is -0.493 e. The number of carbonyl (C=O) groups is 1. The number of rotatable bonds is 6. The molecule has 34 heavy (non-hydrogen) atoms. The molecule has 3 aliphatic rings. The smallest absolute Gasteiger partial charge is 0.306 e. The van der Waals surface area contributed by atoms with E-state index in [4.69, 9.17) is 18.9 Å². The number of hydrogen-bond donors (Lipinski definition) is 0. The quantitative estimate of drug-likeness (QED) is 0.587. The number of carbonyl (C=O) groups excluding carboxylic acids is 1. The Balaban J connectivity index is 1.26. The van der Waals surface area contributed by atoms with Gasteiger partial charge < -0.3 is 23.8 Å². The fourth-order valence-corrected chi connectivity index (χ4v) is 5.70. The van der Waals surface area contributed by atoms with Crippen LogP contribution in [-0.2, 0) is 31.8 Å². The van der Waals surface area contributed by atoms with Gasteiger partial charge in [0.2, 0.25) is 0 Å². The molecule has 2 aromatic rings. The highest BCUT2D eigenvalue weighted by Gasteiger charge is 2.40. The first-order valence-electron chi connectivity index (χ1n) is 12.4. The van der Waals surface area contributed by atoms with Gasteiger partial charge in [-0.15, -0.1) is 0 Å². The van der Waals surface area contributed by atoms with Gasteiger partial charge in [-0.05, 0) is 55.0 Å². The van der Waals surface area contributed by atoms with Gasteiger partial charge >= 0.3 is 5.97 Å². The van der Waals surface area contributed by atoms with Crippen molar-refractivity contribution in [3.05, 3.63) is 58.1 Å². The van der Waals surface area contributed by atoms with Crippen molar-refractivity contribution < 1.29 is 23.7 Å². The fourth-order valence-electron chi connectivity index (χ4n) is 5.70. The van der Waals surface area contributed by atoms with Crippen LogP contribution in [0.1, 0.15) is 53.0 Å². The molecular weight excluding hydrogens is 430 g/mol. The molecule has 2 aromatic carbocycles. The summed E-state index contributed by atoms with van der Waals surface area (Å²) in [6, 6.07) is 11.0. The van der Waals surface area contributed by atoms with Crippen LogP contribution in [0.15, 0.2) is 30.3 Å². The zero-order chi connectivity index (χ0) is 23.7. The lowest BCUT2D eigenvalue weighted by Gasteiger charge is -2.40. The molecule has 3 aliphatic heterocycles. The molecule has 1 atom stereocenters. The van der Waals surface area contributed by atoms with Crippen LogP contribution in [0.3, 0.4) is 0 Å². The third-order valence-corrected chi connectivity index (χ3v) is 7.68. The van der Waals surface area contributed by atoms with Gasteiger partial charge in [0.25, 0.3) is 0 Å². The van der Waals surface area contributed by atoms with E-state index < -0.39 is 0 Å². The van der Waals surface area contributed by atoms with Gasteiger partial charge in [0, 0.05) is 43.1 Å². The van der Waals surface area contributed by atoms with Gasteiger partial charge in [-0.1, -0.05) is 24.3 Å². The SMILES string of the molecule is COC(=O)C[C@@H]1COc2cc(CCc3ccc(C)c(N4CCC5(CC4)OCCO5)c3C)ccc21. The average Bonchev–Trinajstić information content (AvgIpc) is 3.47. The molecule has 6 nitrogen and oxygen atoms in total. The van der Waals surface area contributed by atoms with Gasteiger partial charge in [-0.25, -0.2) is 0 Å². The summed E-state index contributed by atoms with van der Waals surface area (Å²) >= 11 is 0. The molecule has 3 heterocycles. The summed E-state index contributed by atoms with van der Waals surface area (Å²) in [5.41, 5.74) is 7.83. The molecule has 1 spiro atoms. The number of fused-ring (bicyclic) bond motifs is 1. The van der Waals surface area contributed by atoms with Crippen LogP contribution in [0.25, 0.3) is 0 Å². The van der Waals surface area contributed by atoms with Crippen molar-refractivity contribution in [1.29, 1.82) is 0 Å². The van der Waals surface area contributed by atoms with Gasteiger partial charge in [0.15, 0.2) is 5.79 Å². The van der Waals surface area contributed by atoms with Crippen molar-refractivity contribution in [3.8, 4) is 5.75 Å². The monoisotopic (exact) mass is 465 g/mol. The van der Waals surface area contributed by atoms with E-state index in [9.17, 15) is 4.79 Å². The summed E-state index contributed by atoms with van der Waals surface area (Å²) in [6.45, 7) is 8.36. The first-order chi connectivity index (χ1) is 16.5. The predicted octanol–water partition coefficient (Wildman–Crippen LogP) is 4.47. The molecule has 0 amide bonds. The van der Waals surface area contributed by atoms with Crippen molar-refractivity contribution in [2.75, 3.05) is 44.9 Å². The molecule has 0 aromatic heterocycles. The van der Waals surface area contributed by atoms with Crippen molar-refractivity contribution in [2.24, 2.45) is 0 Å². The van der Waals surface area contributed by atoms with E-state index in [0.717, 1.165) is 50.1 Å². The number of ether oxygens (including phenoxy) is 4. The molecule has 0 bridgehead atoms. The Labute approximate surface area is 202 Å². The number of hydrogen-bond acceptors (Lipinski definition) is 6. The number of nitrogens with zero attached hydrogens (tertiary/aromatic N) is 1. The van der Waals surface area contributed by atoms with Crippen LogP contribution in [0.2, 0.25) is 0 Å². The van der Waals surface area contributed by atoms with E-state index in [-0.39, 0.29) is 17.7 Å². The Bertz CT molecular complexity index is 1050. The maximum absolute atomic E-state index is 11.7. The number of piperidine rings is 1. The Morgan fingerprint density at radius 1 is 1.09 bits per heavy atom. The summed E-state index contributed by atoms with van der Waals surface area (Å²) in [6.07, 6.45) is 4.13. The van der Waals surface area contributed by atoms with Crippen molar-refractivity contribution in [2.45, 2.75) is 57.7 Å². The van der Waals surface area contributed by atoms with E-state index in [1.807, 2.05) is 0 Å². The summed E-state index contributed by atoms with van der Waals surface area (Å²) in [5.74, 6) is 0.457. The molecule has 0 radical (unpaired) electrons. The molecule has 0 unspecified atom stereocenters. The molecule has 0 aliphatic carbocycles. The van der Waals surface area contributed by atoms with Crippen LogP contribution in [0, 0.1) is 13.8 Å². The van der Waals surface area contributed by atoms with E-state index in [1.54, 1.807) is 0 Å². The highest BCUT2D eigenvalue weighted by molar-refractivity contribution is 5.71. The molecule has 6 heteroatoms. The predicted molar refractivity (Wildman–Crippen MR) is 131 cm³/mol. The lowest BCUT2D eigenvalue weighted by Crippen LogP contribution is -2.45. The Morgan fingerprint density at radius 2 is 1.85 bits per heavy atom. The van der Waals surface area contributed by atoms with Crippen LogP contribution < -0.4 is 9.64 Å². The largest absolute Gasteiger partial charge is 0.493 e. The number of methoxy groups -OCH3 is 1. The minimum atomic E-state index is -0.346. The molecular formula is C28H35NO5. The van der Waals surface area contributed by atoms with Gasteiger partial charge in [0.1, 0.15) is 5.75 Å². The Morgan fingerprint density at radius 3 is 2.59 bits per heavy atom. The summed E-state index contributed by atoms with van der Waals surface area (Å²) in [4.78, 5) is 14.2. The second kappa shape index (κ2) is 9.59. The highest BCUT2D eigenvalue weighted by Crippen LogP contribution is 2.38. The minimum absolute atomic E-state index is 0.0853. The number of benzene rings is 2. The zero-order valence-electron chi connectivity index (χ0n) is 20.5. The maximum Gasteiger partial charge on any atom is 0.306 e. The zero-order valence-corrected chi connectivity index (χ0v) is 20.5. The lowest BCUT2D eigenvalue weighted by atomic mass is 9.93. The van der Waals surface area contributed by atoms with Crippen LogP contribution in [-0.4, -0.2) is 51.8 Å². The van der Waals surface area contributed by atoms with E-state index >= 15 is 0 Å². The third kappa shape index (κ3) is 4.53. The average molecular weight is 466 g/mol. The van der Waals surface area contributed by atoms with Crippen molar-refractivity contribution >= 4 is 11.7 Å². The first-order valence-corrected chi connectivity index (χ1v) is 12.4. The van der Waals surface area contributed by atoms with E-state index in [1.165, 1.54) is 35.1 Å². The maximum atomic E-state index is 11.7. The second-order valence-electron chi connectivity index (χ2n) is 9.77. The number of anilines is 1. The van der Waals surface area contributed by atoms with Crippen molar-refractivity contribution in [3.63, 3.8) is 0 Å². The molecule has 5 rings (SSSR count). The number of aryl methyl sites for hydroxylation is 3. The molecule has 2 saturated heterocycles. The van der Waals surface area contributed by atoms with Crippen LogP contribution >= 0.6 is 0 Å². The van der Waals surface area contributed by atoms with Crippen LogP contribution in [0.5, 0.6) is 5.75 Å². The van der Waals surface area contributed by atoms with E-state index in [2.05, 4.69) is 49.1 Å². The lowest BCUT2D eigenvalue weighted by molar-refractivity contribution is -0.169. The van der Waals surface area contributed by atoms with Gasteiger partial charge in [-0.3, -0.25) is 4.79 Å². The third-order valence-electron chi connectivity index (χ3n) is 7.68. The Hall–Kier alpha value is -2.57. The topological polar surface area (TPSA) is 57.2 Å². The van der Waals surface area contributed by atoms with E-state index in [0.29, 0.717) is 26.2 Å². The first kappa shape index (κ1) is 23.2. The van der Waals surface area contributed by atoms with Crippen molar-refractivity contribution in [1.82, 2.24) is 0 Å². The summed E-state index contributed by atoms with van der Waals surface area (Å²) in [5, 5.41) is 0. The van der Waals surface area contributed by atoms with Gasteiger partial charge in [-0.2, -0.15) is 0 Å². The molecule has 2 fully saturated rings. The molecule has 0 saturated carbocycles. The number of esters is 1. The highest BCUT2D eigenvalue weighted by atomic mass is 16.7. The molecule has 182 valence electrons. The fraction of sp³-hybridized carbons (Fsp3) is 0.536. The standard InChI is InChI=1S/C28H35NO5/c1-19-4-7-22(20(2)27(19)29-12-10-28(11-13-29)33-14-15-34-28)8-5-21-6-9-24-23(17-26(30)31-3)18-32-25(24)16-21/h4,6-7,9,16,23H,5,8,10-15,17-18H2,1-3H3/t23-/m1/s1. The summed E-state index contributed by atoms with van der Waals surface area (Å²) in [7, 11) is 1.43. The Kier molecular flexibility index (Phi) is 6.54. The summed E-state index contributed by atoms with van der Waals surface area (Å²) < 4.78 is 22.6. The van der Waals surface area contributed by atoms with Gasteiger partial charge in [0.05, 0.1) is 33.4 Å². The molecule has 0 N–H and O–H groups in total. The normalized spacial score (nSPS) is 20.9. The second-order valence-corrected chi connectivity index (χ2v) is 9.77.